The molecule has 0 saturated carbocycles. The highest BCUT2D eigenvalue weighted by molar-refractivity contribution is 8.14. The van der Waals surface area contributed by atoms with Gasteiger partial charge in [-0.3, -0.25) is 4.79 Å². The second-order valence-corrected chi connectivity index (χ2v) is 10.1. The first-order valence-electron chi connectivity index (χ1n) is 9.65. The molecule has 0 heterocycles. The standard InChI is InChI=1S/C25H22Cl2O3S/c1-15-11-18(25(2,3)4)14-21(31-24(29)17-8-6-10-20(27)13-17)22(15)30-23(28)16-7-5-9-19(26)12-16/h5-14H,1-4H3. The molecule has 0 fully saturated rings. The van der Waals surface area contributed by atoms with E-state index in [4.69, 9.17) is 27.9 Å². The summed E-state index contributed by atoms with van der Waals surface area (Å²) >= 11 is 13.1. The predicted octanol–water partition coefficient (Wildman–Crippen LogP) is 7.75. The highest BCUT2D eigenvalue weighted by atomic mass is 35.5. The number of hydrogen-bond acceptors (Lipinski definition) is 4. The average Bonchev–Trinajstić information content (AvgIpc) is 2.69. The van der Waals surface area contributed by atoms with Crippen LogP contribution in [0, 0.1) is 6.92 Å². The topological polar surface area (TPSA) is 43.4 Å². The Kier molecular flexibility index (Phi) is 7.15. The minimum atomic E-state index is -0.536. The van der Waals surface area contributed by atoms with Crippen LogP contribution in [-0.2, 0) is 5.41 Å². The number of carbonyl (C=O) groups is 2. The molecule has 6 heteroatoms. The van der Waals surface area contributed by atoms with Crippen LogP contribution in [0.25, 0.3) is 0 Å². The van der Waals surface area contributed by atoms with Crippen LogP contribution in [0.2, 0.25) is 10.0 Å². The van der Waals surface area contributed by atoms with E-state index < -0.39 is 5.97 Å². The Labute approximate surface area is 196 Å². The second kappa shape index (κ2) is 9.47. The van der Waals surface area contributed by atoms with Gasteiger partial charge in [0.15, 0.2) is 0 Å². The van der Waals surface area contributed by atoms with Crippen LogP contribution in [0.5, 0.6) is 5.75 Å². The van der Waals surface area contributed by atoms with E-state index >= 15 is 0 Å². The molecule has 3 aromatic rings. The summed E-state index contributed by atoms with van der Waals surface area (Å²) < 4.78 is 5.75. The lowest BCUT2D eigenvalue weighted by atomic mass is 9.86. The fraction of sp³-hybridized carbons (Fsp3) is 0.200. The molecule has 0 bridgehead atoms. The van der Waals surface area contributed by atoms with E-state index in [2.05, 4.69) is 20.8 Å². The average molecular weight is 473 g/mol. The molecule has 0 aliphatic rings. The van der Waals surface area contributed by atoms with Gasteiger partial charge in [-0.15, -0.1) is 0 Å². The Morgan fingerprint density at radius 3 is 2.03 bits per heavy atom. The van der Waals surface area contributed by atoms with Crippen LogP contribution in [0.3, 0.4) is 0 Å². The molecule has 0 saturated heterocycles. The van der Waals surface area contributed by atoms with Crippen molar-refractivity contribution in [2.24, 2.45) is 0 Å². The third-order valence-corrected chi connectivity index (χ3v) is 6.04. The number of thioether (sulfide) groups is 1. The van der Waals surface area contributed by atoms with Gasteiger partial charge in [0.1, 0.15) is 5.75 Å². The number of halogens is 2. The van der Waals surface area contributed by atoms with Crippen molar-refractivity contribution in [2.45, 2.75) is 38.0 Å². The first-order valence-corrected chi connectivity index (χ1v) is 11.2. The lowest BCUT2D eigenvalue weighted by Gasteiger charge is -2.22. The molecule has 0 aromatic heterocycles. The van der Waals surface area contributed by atoms with Crippen molar-refractivity contribution in [3.05, 3.63) is 93.0 Å². The molecule has 3 aromatic carbocycles. The van der Waals surface area contributed by atoms with Gasteiger partial charge in [-0.05, 0) is 71.6 Å². The summed E-state index contributed by atoms with van der Waals surface area (Å²) in [7, 11) is 0. The van der Waals surface area contributed by atoms with Crippen LogP contribution in [0.4, 0.5) is 0 Å². The summed E-state index contributed by atoms with van der Waals surface area (Å²) in [5.74, 6) is -0.176. The maximum absolute atomic E-state index is 12.9. The summed E-state index contributed by atoms with van der Waals surface area (Å²) in [5, 5.41) is 0.742. The second-order valence-electron chi connectivity index (χ2n) is 8.17. The van der Waals surface area contributed by atoms with E-state index in [9.17, 15) is 9.59 Å². The van der Waals surface area contributed by atoms with Crippen LogP contribution in [0.1, 0.15) is 52.6 Å². The highest BCUT2D eigenvalue weighted by Crippen LogP contribution is 2.39. The van der Waals surface area contributed by atoms with E-state index in [1.54, 1.807) is 48.5 Å². The van der Waals surface area contributed by atoms with Gasteiger partial charge in [-0.1, -0.05) is 68.2 Å². The lowest BCUT2D eigenvalue weighted by molar-refractivity contribution is 0.0728. The quantitative estimate of drug-likeness (QED) is 0.221. The van der Waals surface area contributed by atoms with E-state index in [-0.39, 0.29) is 10.5 Å². The van der Waals surface area contributed by atoms with Crippen LogP contribution in [0.15, 0.2) is 65.6 Å². The lowest BCUT2D eigenvalue weighted by Crippen LogP contribution is -2.14. The molecule has 0 spiro atoms. The minimum absolute atomic E-state index is 0.144. The van der Waals surface area contributed by atoms with E-state index in [0.29, 0.717) is 31.8 Å². The van der Waals surface area contributed by atoms with Crippen molar-refractivity contribution >= 4 is 46.0 Å². The Balaban J connectivity index is 2.01. The molecule has 3 rings (SSSR count). The summed E-state index contributed by atoms with van der Waals surface area (Å²) in [4.78, 5) is 26.3. The molecular formula is C25H22Cl2O3S. The zero-order chi connectivity index (χ0) is 22.8. The number of rotatable bonds is 4. The Bertz CT molecular complexity index is 1150. The van der Waals surface area contributed by atoms with Crippen LogP contribution >= 0.6 is 35.0 Å². The molecule has 0 N–H and O–H groups in total. The molecule has 0 unspecified atom stereocenters. The van der Waals surface area contributed by atoms with Crippen molar-refractivity contribution in [1.29, 1.82) is 0 Å². The summed E-state index contributed by atoms with van der Waals surface area (Å²) in [6, 6.07) is 17.2. The maximum Gasteiger partial charge on any atom is 0.343 e. The van der Waals surface area contributed by atoms with Crippen molar-refractivity contribution in [3.63, 3.8) is 0 Å². The molecule has 160 valence electrons. The zero-order valence-corrected chi connectivity index (χ0v) is 20.0. The van der Waals surface area contributed by atoms with Crippen molar-refractivity contribution < 1.29 is 14.3 Å². The summed E-state index contributed by atoms with van der Waals surface area (Å²) in [6.45, 7) is 8.13. The number of ether oxygens (including phenoxy) is 1. The zero-order valence-electron chi connectivity index (χ0n) is 17.7. The van der Waals surface area contributed by atoms with Gasteiger partial charge < -0.3 is 4.74 Å². The van der Waals surface area contributed by atoms with Gasteiger partial charge in [0.05, 0.1) is 10.5 Å². The molecule has 3 nitrogen and oxygen atoms in total. The van der Waals surface area contributed by atoms with Gasteiger partial charge in [0.2, 0.25) is 5.12 Å². The molecule has 31 heavy (non-hydrogen) atoms. The van der Waals surface area contributed by atoms with E-state index in [0.717, 1.165) is 22.9 Å². The van der Waals surface area contributed by atoms with Crippen LogP contribution < -0.4 is 4.74 Å². The fourth-order valence-corrected chi connectivity index (χ4v) is 4.23. The smallest absolute Gasteiger partial charge is 0.343 e. The molecular weight excluding hydrogens is 451 g/mol. The van der Waals surface area contributed by atoms with Gasteiger partial charge >= 0.3 is 5.97 Å². The number of benzene rings is 3. The molecule has 0 aliphatic heterocycles. The van der Waals surface area contributed by atoms with Crippen molar-refractivity contribution in [1.82, 2.24) is 0 Å². The van der Waals surface area contributed by atoms with Gasteiger partial charge in [0.25, 0.3) is 0 Å². The number of esters is 1. The van der Waals surface area contributed by atoms with Gasteiger partial charge in [-0.2, -0.15) is 0 Å². The Morgan fingerprint density at radius 1 is 0.871 bits per heavy atom. The Morgan fingerprint density at radius 2 is 1.45 bits per heavy atom. The molecule has 0 aliphatic carbocycles. The number of carbonyl (C=O) groups excluding carboxylic acids is 2. The predicted molar refractivity (Wildman–Crippen MR) is 128 cm³/mol. The van der Waals surface area contributed by atoms with Crippen LogP contribution in [-0.4, -0.2) is 11.1 Å². The Hall–Kier alpha value is -2.27. The van der Waals surface area contributed by atoms with Gasteiger partial charge in [-0.25, -0.2) is 4.79 Å². The third kappa shape index (κ3) is 5.91. The summed E-state index contributed by atoms with van der Waals surface area (Å²) in [5.41, 5.74) is 2.47. The first kappa shape index (κ1) is 23.4. The van der Waals surface area contributed by atoms with E-state index in [1.807, 2.05) is 19.1 Å². The molecule has 0 atom stereocenters. The SMILES string of the molecule is Cc1cc(C(C)(C)C)cc(SC(=O)c2cccc(Cl)c2)c1OC(=O)c1cccc(Cl)c1. The number of hydrogen-bond donors (Lipinski definition) is 0. The van der Waals surface area contributed by atoms with Crippen molar-refractivity contribution in [3.8, 4) is 5.75 Å². The molecule has 0 radical (unpaired) electrons. The summed E-state index contributed by atoms with van der Waals surface area (Å²) in [6.07, 6.45) is 0. The fourth-order valence-electron chi connectivity index (χ4n) is 2.92. The normalized spacial score (nSPS) is 11.3. The third-order valence-electron chi connectivity index (χ3n) is 4.62. The highest BCUT2D eigenvalue weighted by Gasteiger charge is 2.23. The largest absolute Gasteiger partial charge is 0.421 e. The van der Waals surface area contributed by atoms with Crippen molar-refractivity contribution in [2.75, 3.05) is 0 Å². The van der Waals surface area contributed by atoms with Gasteiger partial charge in [0, 0.05) is 15.6 Å². The number of aryl methyl sites for hydroxylation is 1. The first-order chi connectivity index (χ1) is 14.5. The minimum Gasteiger partial charge on any atom is -0.421 e. The molecule has 0 amide bonds. The maximum atomic E-state index is 12.9. The monoisotopic (exact) mass is 472 g/mol. The van der Waals surface area contributed by atoms with E-state index in [1.165, 1.54) is 0 Å².